The van der Waals surface area contributed by atoms with Crippen molar-refractivity contribution in [2.24, 2.45) is 0 Å². The molecule has 2 atom stereocenters. The SMILES string of the molecule is CC1CC(C)n2ncc(N)c2O1. The number of aromatic nitrogens is 2. The van der Waals surface area contributed by atoms with Crippen LogP contribution in [-0.4, -0.2) is 15.9 Å². The van der Waals surface area contributed by atoms with E-state index in [1.165, 1.54) is 0 Å². The van der Waals surface area contributed by atoms with Crippen LogP contribution in [0.15, 0.2) is 6.20 Å². The van der Waals surface area contributed by atoms with E-state index in [0.29, 0.717) is 11.7 Å². The molecule has 0 aliphatic carbocycles. The second kappa shape index (κ2) is 2.40. The molecule has 1 aliphatic heterocycles. The molecule has 2 N–H and O–H groups in total. The van der Waals surface area contributed by atoms with Crippen LogP contribution < -0.4 is 10.5 Å². The van der Waals surface area contributed by atoms with Crippen LogP contribution in [0.2, 0.25) is 0 Å². The zero-order chi connectivity index (χ0) is 8.72. The van der Waals surface area contributed by atoms with Gasteiger partial charge in [-0.1, -0.05) is 0 Å². The highest BCUT2D eigenvalue weighted by molar-refractivity contribution is 5.47. The summed E-state index contributed by atoms with van der Waals surface area (Å²) < 4.78 is 7.39. The molecule has 66 valence electrons. The largest absolute Gasteiger partial charge is 0.473 e. The van der Waals surface area contributed by atoms with Crippen LogP contribution in [-0.2, 0) is 0 Å². The van der Waals surface area contributed by atoms with Crippen LogP contribution in [0.1, 0.15) is 26.3 Å². The van der Waals surface area contributed by atoms with Crippen LogP contribution in [0.3, 0.4) is 0 Å². The highest BCUT2D eigenvalue weighted by Gasteiger charge is 2.24. The summed E-state index contributed by atoms with van der Waals surface area (Å²) in [5, 5.41) is 4.14. The van der Waals surface area contributed by atoms with Crippen molar-refractivity contribution in [3.05, 3.63) is 6.20 Å². The lowest BCUT2D eigenvalue weighted by molar-refractivity contribution is 0.128. The van der Waals surface area contributed by atoms with Gasteiger partial charge in [-0.2, -0.15) is 5.10 Å². The van der Waals surface area contributed by atoms with Gasteiger partial charge >= 0.3 is 0 Å². The number of nitrogen functional groups attached to an aromatic ring is 1. The quantitative estimate of drug-likeness (QED) is 0.631. The van der Waals surface area contributed by atoms with E-state index in [1.807, 2.05) is 11.6 Å². The van der Waals surface area contributed by atoms with Gasteiger partial charge < -0.3 is 10.5 Å². The van der Waals surface area contributed by atoms with E-state index in [1.54, 1.807) is 6.20 Å². The van der Waals surface area contributed by atoms with E-state index in [0.717, 1.165) is 12.3 Å². The van der Waals surface area contributed by atoms with Crippen molar-refractivity contribution in [3.8, 4) is 5.88 Å². The summed E-state index contributed by atoms with van der Waals surface area (Å²) in [5.74, 6) is 0.723. The molecule has 1 aromatic heterocycles. The first-order valence-electron chi connectivity index (χ1n) is 4.18. The molecule has 0 amide bonds. The molecule has 0 spiro atoms. The number of hydrogen-bond acceptors (Lipinski definition) is 3. The van der Waals surface area contributed by atoms with Crippen molar-refractivity contribution in [2.75, 3.05) is 5.73 Å². The lowest BCUT2D eigenvalue weighted by Gasteiger charge is -2.26. The van der Waals surface area contributed by atoms with Gasteiger partial charge in [0.2, 0.25) is 5.88 Å². The fourth-order valence-corrected chi connectivity index (χ4v) is 1.62. The van der Waals surface area contributed by atoms with Gasteiger partial charge in [0.25, 0.3) is 0 Å². The van der Waals surface area contributed by atoms with E-state index >= 15 is 0 Å². The monoisotopic (exact) mass is 167 g/mol. The normalized spacial score (nSPS) is 27.8. The molecule has 0 fully saturated rings. The highest BCUT2D eigenvalue weighted by Crippen LogP contribution is 2.32. The number of hydrogen-bond donors (Lipinski definition) is 1. The molecule has 1 aromatic rings. The molecule has 2 heterocycles. The minimum atomic E-state index is 0.242. The Morgan fingerprint density at radius 2 is 2.42 bits per heavy atom. The number of nitrogens with zero attached hydrogens (tertiary/aromatic N) is 2. The maximum atomic E-state index is 5.68. The predicted octanol–water partition coefficient (Wildman–Crippen LogP) is 1.20. The Labute approximate surface area is 71.3 Å². The number of anilines is 1. The summed E-state index contributed by atoms with van der Waals surface area (Å²) >= 11 is 0. The summed E-state index contributed by atoms with van der Waals surface area (Å²) in [7, 11) is 0. The second-order valence-electron chi connectivity index (χ2n) is 3.36. The smallest absolute Gasteiger partial charge is 0.236 e. The molecule has 4 heteroatoms. The van der Waals surface area contributed by atoms with Crippen molar-refractivity contribution in [1.29, 1.82) is 0 Å². The highest BCUT2D eigenvalue weighted by atomic mass is 16.5. The van der Waals surface area contributed by atoms with E-state index < -0.39 is 0 Å². The molecule has 12 heavy (non-hydrogen) atoms. The van der Waals surface area contributed by atoms with Gasteiger partial charge in [-0.15, -0.1) is 0 Å². The minimum Gasteiger partial charge on any atom is -0.473 e. The zero-order valence-corrected chi connectivity index (χ0v) is 7.32. The molecule has 4 nitrogen and oxygen atoms in total. The number of nitrogens with two attached hydrogens (primary N) is 1. The van der Waals surface area contributed by atoms with Crippen LogP contribution in [0.4, 0.5) is 5.69 Å². The first-order valence-corrected chi connectivity index (χ1v) is 4.18. The van der Waals surface area contributed by atoms with E-state index in [9.17, 15) is 0 Å². The van der Waals surface area contributed by atoms with Gasteiger partial charge in [0, 0.05) is 6.42 Å². The maximum Gasteiger partial charge on any atom is 0.236 e. The minimum absolute atomic E-state index is 0.242. The predicted molar refractivity (Wildman–Crippen MR) is 46.1 cm³/mol. The number of ether oxygens (including phenoxy) is 1. The molecule has 0 bridgehead atoms. The van der Waals surface area contributed by atoms with Gasteiger partial charge in [-0.05, 0) is 13.8 Å². The summed E-state index contributed by atoms with van der Waals surface area (Å²) in [5.41, 5.74) is 6.31. The Morgan fingerprint density at radius 3 is 3.17 bits per heavy atom. The van der Waals surface area contributed by atoms with Crippen LogP contribution in [0.5, 0.6) is 5.88 Å². The first-order chi connectivity index (χ1) is 5.68. The van der Waals surface area contributed by atoms with Gasteiger partial charge in [0.05, 0.1) is 18.3 Å². The summed E-state index contributed by atoms with van der Waals surface area (Å²) in [6, 6.07) is 0.390. The van der Waals surface area contributed by atoms with E-state index in [2.05, 4.69) is 12.0 Å². The van der Waals surface area contributed by atoms with Crippen molar-refractivity contribution in [3.63, 3.8) is 0 Å². The number of fused-ring (bicyclic) bond motifs is 1. The maximum absolute atomic E-state index is 5.68. The third-order valence-corrected chi connectivity index (χ3v) is 2.18. The lowest BCUT2D eigenvalue weighted by Crippen LogP contribution is -2.26. The van der Waals surface area contributed by atoms with Crippen molar-refractivity contribution in [2.45, 2.75) is 32.4 Å². The molecule has 2 rings (SSSR count). The van der Waals surface area contributed by atoms with Crippen LogP contribution in [0, 0.1) is 0 Å². The Balaban J connectivity index is 2.43. The molecule has 0 aromatic carbocycles. The zero-order valence-electron chi connectivity index (χ0n) is 7.32. The fraction of sp³-hybridized carbons (Fsp3) is 0.625. The molecule has 1 aliphatic rings. The Morgan fingerprint density at radius 1 is 1.67 bits per heavy atom. The van der Waals surface area contributed by atoms with Crippen molar-refractivity contribution in [1.82, 2.24) is 9.78 Å². The second-order valence-corrected chi connectivity index (χ2v) is 3.36. The summed E-state index contributed by atoms with van der Waals surface area (Å²) in [6.07, 6.45) is 2.88. The third kappa shape index (κ3) is 0.948. The van der Waals surface area contributed by atoms with Crippen LogP contribution in [0.25, 0.3) is 0 Å². The van der Waals surface area contributed by atoms with Gasteiger partial charge in [0.1, 0.15) is 5.69 Å². The summed E-state index contributed by atoms with van der Waals surface area (Å²) in [6.45, 7) is 4.17. The topological polar surface area (TPSA) is 53.1 Å². The fourth-order valence-electron chi connectivity index (χ4n) is 1.62. The Hall–Kier alpha value is -1.19. The molecular formula is C8H13N3O. The Bertz CT molecular complexity index is 294. The van der Waals surface area contributed by atoms with Crippen LogP contribution >= 0.6 is 0 Å². The third-order valence-electron chi connectivity index (χ3n) is 2.18. The van der Waals surface area contributed by atoms with E-state index in [-0.39, 0.29) is 6.10 Å². The molecule has 0 saturated carbocycles. The molecule has 0 radical (unpaired) electrons. The van der Waals surface area contributed by atoms with Crippen molar-refractivity contribution >= 4 is 5.69 Å². The lowest BCUT2D eigenvalue weighted by atomic mass is 10.1. The molecule has 0 saturated heterocycles. The van der Waals surface area contributed by atoms with E-state index in [4.69, 9.17) is 10.5 Å². The molecular weight excluding hydrogens is 154 g/mol. The average molecular weight is 167 g/mol. The van der Waals surface area contributed by atoms with Gasteiger partial charge in [-0.3, -0.25) is 0 Å². The number of rotatable bonds is 0. The van der Waals surface area contributed by atoms with Crippen molar-refractivity contribution < 1.29 is 4.74 Å². The van der Waals surface area contributed by atoms with Gasteiger partial charge in [0.15, 0.2) is 0 Å². The molecule has 2 unspecified atom stereocenters. The van der Waals surface area contributed by atoms with Gasteiger partial charge in [-0.25, -0.2) is 4.68 Å². The Kier molecular flexibility index (Phi) is 1.49. The standard InChI is InChI=1S/C8H13N3O/c1-5-3-6(2)12-8-7(9)4-10-11(5)8/h4-6H,3,9H2,1-2H3. The summed E-state index contributed by atoms with van der Waals surface area (Å²) in [4.78, 5) is 0. The first kappa shape index (κ1) is 7.46. The average Bonchev–Trinajstić information content (AvgIpc) is 2.33.